The Labute approximate surface area is 98.0 Å². The van der Waals surface area contributed by atoms with Gasteiger partial charge in [-0.15, -0.1) is 0 Å². The summed E-state index contributed by atoms with van der Waals surface area (Å²) in [6.45, 7) is 6.39. The maximum absolute atomic E-state index is 6.15. The Kier molecular flexibility index (Phi) is 3.33. The van der Waals surface area contributed by atoms with Gasteiger partial charge in [-0.2, -0.15) is 5.10 Å². The molecule has 2 rings (SSSR count). The molecule has 3 nitrogen and oxygen atoms in total. The van der Waals surface area contributed by atoms with Gasteiger partial charge >= 0.3 is 0 Å². The molecule has 1 saturated carbocycles. The lowest BCUT2D eigenvalue weighted by molar-refractivity contribution is 0.453. The van der Waals surface area contributed by atoms with Crippen molar-refractivity contribution in [3.05, 3.63) is 17.0 Å². The largest absolute Gasteiger partial charge is 0.324 e. The second-order valence-electron chi connectivity index (χ2n) is 4.98. The fourth-order valence-electron chi connectivity index (χ4n) is 2.92. The van der Waals surface area contributed by atoms with E-state index in [-0.39, 0.29) is 6.04 Å². The molecular weight excluding hydrogens is 198 g/mol. The lowest BCUT2D eigenvalue weighted by Crippen LogP contribution is -2.12. The fraction of sp³-hybridized carbons (Fsp3) is 0.769. The molecule has 1 heterocycles. The molecule has 2 N–H and O–H groups in total. The minimum absolute atomic E-state index is 0.148. The van der Waals surface area contributed by atoms with E-state index < -0.39 is 0 Å². The van der Waals surface area contributed by atoms with Crippen molar-refractivity contribution < 1.29 is 0 Å². The number of hydrogen-bond acceptors (Lipinski definition) is 2. The first-order chi connectivity index (χ1) is 7.65. The van der Waals surface area contributed by atoms with Gasteiger partial charge in [-0.1, -0.05) is 19.8 Å². The molecule has 0 aliphatic heterocycles. The van der Waals surface area contributed by atoms with Crippen LogP contribution in [0.2, 0.25) is 0 Å². The molecule has 1 aromatic heterocycles. The monoisotopic (exact) mass is 221 g/mol. The highest BCUT2D eigenvalue weighted by atomic mass is 15.3. The molecule has 16 heavy (non-hydrogen) atoms. The third kappa shape index (κ3) is 1.88. The molecule has 1 atom stereocenters. The highest BCUT2D eigenvalue weighted by Crippen LogP contribution is 2.32. The third-order valence-electron chi connectivity index (χ3n) is 3.86. The molecule has 1 fully saturated rings. The summed E-state index contributed by atoms with van der Waals surface area (Å²) in [7, 11) is 0. The van der Waals surface area contributed by atoms with Crippen LogP contribution >= 0.6 is 0 Å². The Morgan fingerprint density at radius 1 is 1.38 bits per heavy atom. The van der Waals surface area contributed by atoms with E-state index in [0.29, 0.717) is 6.04 Å². The van der Waals surface area contributed by atoms with Gasteiger partial charge in [0.15, 0.2) is 0 Å². The number of aromatic nitrogens is 2. The van der Waals surface area contributed by atoms with Crippen LogP contribution in [0.15, 0.2) is 0 Å². The number of aryl methyl sites for hydroxylation is 1. The molecule has 0 amide bonds. The quantitative estimate of drug-likeness (QED) is 0.852. The van der Waals surface area contributed by atoms with Crippen LogP contribution in [-0.4, -0.2) is 9.78 Å². The smallest absolute Gasteiger partial charge is 0.0644 e. The summed E-state index contributed by atoms with van der Waals surface area (Å²) in [6, 6.07) is 0.770. The average molecular weight is 221 g/mol. The van der Waals surface area contributed by atoms with E-state index in [1.54, 1.807) is 0 Å². The van der Waals surface area contributed by atoms with Crippen molar-refractivity contribution in [2.45, 2.75) is 65.0 Å². The lowest BCUT2D eigenvalue weighted by Gasteiger charge is -2.14. The molecule has 0 saturated heterocycles. The predicted molar refractivity (Wildman–Crippen MR) is 66.4 cm³/mol. The van der Waals surface area contributed by atoms with Gasteiger partial charge < -0.3 is 5.73 Å². The van der Waals surface area contributed by atoms with E-state index in [1.165, 1.54) is 36.9 Å². The first kappa shape index (κ1) is 11.6. The zero-order valence-electron chi connectivity index (χ0n) is 10.7. The van der Waals surface area contributed by atoms with Crippen molar-refractivity contribution in [1.82, 2.24) is 9.78 Å². The minimum Gasteiger partial charge on any atom is -0.324 e. The maximum Gasteiger partial charge on any atom is 0.0644 e. The molecule has 1 aliphatic rings. The van der Waals surface area contributed by atoms with Crippen LogP contribution in [0.25, 0.3) is 0 Å². The van der Waals surface area contributed by atoms with Gasteiger partial charge in [-0.3, -0.25) is 4.68 Å². The van der Waals surface area contributed by atoms with E-state index in [1.807, 2.05) is 0 Å². The van der Waals surface area contributed by atoms with Gasteiger partial charge in [-0.25, -0.2) is 0 Å². The van der Waals surface area contributed by atoms with Crippen LogP contribution in [0.3, 0.4) is 0 Å². The van der Waals surface area contributed by atoms with E-state index >= 15 is 0 Å². The van der Waals surface area contributed by atoms with Crippen LogP contribution in [0.4, 0.5) is 0 Å². The van der Waals surface area contributed by atoms with Gasteiger partial charge in [0.25, 0.3) is 0 Å². The SMILES string of the molecule is CCC(N)c1c(C)nn(C2CCCC2)c1C. The summed E-state index contributed by atoms with van der Waals surface area (Å²) in [6.07, 6.45) is 6.24. The maximum atomic E-state index is 6.15. The molecule has 1 unspecified atom stereocenters. The van der Waals surface area contributed by atoms with E-state index in [2.05, 4.69) is 25.5 Å². The molecule has 0 spiro atoms. The van der Waals surface area contributed by atoms with Crippen LogP contribution in [0.1, 0.15) is 68.1 Å². The van der Waals surface area contributed by atoms with Crippen molar-refractivity contribution in [2.24, 2.45) is 5.73 Å². The van der Waals surface area contributed by atoms with Crippen LogP contribution in [0.5, 0.6) is 0 Å². The summed E-state index contributed by atoms with van der Waals surface area (Å²) < 4.78 is 2.23. The molecule has 1 aromatic rings. The summed E-state index contributed by atoms with van der Waals surface area (Å²) in [5.41, 5.74) is 9.84. The van der Waals surface area contributed by atoms with Gasteiger partial charge in [0.05, 0.1) is 11.7 Å². The average Bonchev–Trinajstić information content (AvgIpc) is 2.86. The number of nitrogens with two attached hydrogens (primary N) is 1. The molecule has 0 bridgehead atoms. The Hall–Kier alpha value is -0.830. The number of nitrogens with zero attached hydrogens (tertiary/aromatic N) is 2. The van der Waals surface area contributed by atoms with Crippen LogP contribution < -0.4 is 5.73 Å². The van der Waals surface area contributed by atoms with Crippen molar-refractivity contribution in [2.75, 3.05) is 0 Å². The van der Waals surface area contributed by atoms with E-state index in [4.69, 9.17) is 10.8 Å². The molecule has 0 radical (unpaired) electrons. The molecule has 1 aliphatic carbocycles. The van der Waals surface area contributed by atoms with Crippen LogP contribution in [-0.2, 0) is 0 Å². The summed E-state index contributed by atoms with van der Waals surface area (Å²) in [5, 5.41) is 4.70. The third-order valence-corrected chi connectivity index (χ3v) is 3.86. The van der Waals surface area contributed by atoms with E-state index in [0.717, 1.165) is 12.1 Å². The van der Waals surface area contributed by atoms with Gasteiger partial charge in [0.2, 0.25) is 0 Å². The molecule has 3 heteroatoms. The Bertz CT molecular complexity index is 361. The summed E-state index contributed by atoms with van der Waals surface area (Å²) in [4.78, 5) is 0. The first-order valence-electron chi connectivity index (χ1n) is 6.46. The summed E-state index contributed by atoms with van der Waals surface area (Å²) in [5.74, 6) is 0. The molecule has 90 valence electrons. The standard InChI is InChI=1S/C13H23N3/c1-4-12(14)13-9(2)15-16(10(13)3)11-7-5-6-8-11/h11-12H,4-8,14H2,1-3H3. The second-order valence-corrected chi connectivity index (χ2v) is 4.98. The predicted octanol–water partition coefficient (Wildman–Crippen LogP) is 3.02. The Balaban J connectivity index is 2.33. The van der Waals surface area contributed by atoms with Crippen molar-refractivity contribution in [3.8, 4) is 0 Å². The van der Waals surface area contributed by atoms with Gasteiger partial charge in [0.1, 0.15) is 0 Å². The Morgan fingerprint density at radius 2 is 2.00 bits per heavy atom. The normalized spacial score (nSPS) is 19.2. The second kappa shape index (κ2) is 4.58. The van der Waals surface area contributed by atoms with Crippen molar-refractivity contribution in [1.29, 1.82) is 0 Å². The highest BCUT2D eigenvalue weighted by Gasteiger charge is 2.23. The van der Waals surface area contributed by atoms with Crippen molar-refractivity contribution >= 4 is 0 Å². The van der Waals surface area contributed by atoms with Crippen LogP contribution in [0, 0.1) is 13.8 Å². The lowest BCUT2D eigenvalue weighted by atomic mass is 10.0. The van der Waals surface area contributed by atoms with Gasteiger partial charge in [0, 0.05) is 17.3 Å². The first-order valence-corrected chi connectivity index (χ1v) is 6.46. The minimum atomic E-state index is 0.148. The highest BCUT2D eigenvalue weighted by molar-refractivity contribution is 5.28. The topological polar surface area (TPSA) is 43.8 Å². The Morgan fingerprint density at radius 3 is 2.56 bits per heavy atom. The van der Waals surface area contributed by atoms with Crippen molar-refractivity contribution in [3.63, 3.8) is 0 Å². The number of hydrogen-bond donors (Lipinski definition) is 1. The zero-order valence-corrected chi connectivity index (χ0v) is 10.7. The zero-order chi connectivity index (χ0) is 11.7. The number of rotatable bonds is 3. The van der Waals surface area contributed by atoms with Gasteiger partial charge in [-0.05, 0) is 33.1 Å². The summed E-state index contributed by atoms with van der Waals surface area (Å²) >= 11 is 0. The van der Waals surface area contributed by atoms with E-state index in [9.17, 15) is 0 Å². The fourth-order valence-corrected chi connectivity index (χ4v) is 2.92. The molecular formula is C13H23N3. The molecule has 0 aromatic carbocycles.